The second kappa shape index (κ2) is 6.30. The fourth-order valence-electron chi connectivity index (χ4n) is 1.85. The Hall–Kier alpha value is -1.83. The first-order valence-electron chi connectivity index (χ1n) is 6.30. The van der Waals surface area contributed by atoms with Crippen LogP contribution < -0.4 is 5.73 Å². The fraction of sp³-hybridized carbons (Fsp3) is 0.214. The second-order valence-electron chi connectivity index (χ2n) is 4.55. The Bertz CT molecular complexity index is 720. The lowest BCUT2D eigenvalue weighted by Gasteiger charge is -2.17. The lowest BCUT2D eigenvalue weighted by molar-refractivity contribution is 0.455. The van der Waals surface area contributed by atoms with Crippen LogP contribution in [0.1, 0.15) is 11.3 Å². The summed E-state index contributed by atoms with van der Waals surface area (Å²) < 4.78 is 39.8. The summed E-state index contributed by atoms with van der Waals surface area (Å²) in [5.41, 5.74) is 6.61. The van der Waals surface area contributed by atoms with E-state index in [2.05, 4.69) is 4.98 Å². The number of nitrogens with two attached hydrogens (primary N) is 1. The zero-order chi connectivity index (χ0) is 15.5. The first-order chi connectivity index (χ1) is 9.95. The topological polar surface area (TPSA) is 76.3 Å². The fourth-order valence-corrected chi connectivity index (χ4v) is 3.10. The van der Waals surface area contributed by atoms with E-state index in [9.17, 15) is 12.8 Å². The van der Waals surface area contributed by atoms with Gasteiger partial charge in [0.1, 0.15) is 10.7 Å². The number of sulfonamides is 1. The van der Waals surface area contributed by atoms with Crippen molar-refractivity contribution in [2.75, 3.05) is 7.05 Å². The predicted octanol–water partition coefficient (Wildman–Crippen LogP) is 1.50. The number of rotatable bonds is 5. The Morgan fingerprint density at radius 3 is 2.67 bits per heavy atom. The van der Waals surface area contributed by atoms with Gasteiger partial charge in [0.25, 0.3) is 0 Å². The maximum absolute atomic E-state index is 13.8. The van der Waals surface area contributed by atoms with Crippen molar-refractivity contribution in [2.45, 2.75) is 18.0 Å². The molecule has 1 heterocycles. The van der Waals surface area contributed by atoms with Crippen LogP contribution in [0.3, 0.4) is 0 Å². The first-order valence-corrected chi connectivity index (χ1v) is 7.74. The van der Waals surface area contributed by atoms with E-state index < -0.39 is 15.8 Å². The van der Waals surface area contributed by atoms with Gasteiger partial charge in [-0.05, 0) is 29.8 Å². The minimum absolute atomic E-state index is 0.0649. The van der Waals surface area contributed by atoms with E-state index >= 15 is 0 Å². The van der Waals surface area contributed by atoms with Gasteiger partial charge in [0.15, 0.2) is 0 Å². The number of hydrogen-bond donors (Lipinski definition) is 1. The molecule has 0 spiro atoms. The molecule has 7 heteroatoms. The average molecular weight is 309 g/mol. The molecular formula is C14H16FN3O2S. The minimum atomic E-state index is -3.94. The number of aromatic nitrogens is 1. The molecular weight excluding hydrogens is 293 g/mol. The van der Waals surface area contributed by atoms with Gasteiger partial charge in [-0.3, -0.25) is 4.98 Å². The Kier molecular flexibility index (Phi) is 4.66. The third-order valence-corrected chi connectivity index (χ3v) is 4.85. The summed E-state index contributed by atoms with van der Waals surface area (Å²) in [6.45, 7) is 0.211. The predicted molar refractivity (Wildman–Crippen MR) is 77.2 cm³/mol. The van der Waals surface area contributed by atoms with Gasteiger partial charge in [0.2, 0.25) is 10.0 Å². The largest absolute Gasteiger partial charge is 0.326 e. The van der Waals surface area contributed by atoms with Crippen molar-refractivity contribution in [1.82, 2.24) is 9.29 Å². The van der Waals surface area contributed by atoms with Gasteiger partial charge < -0.3 is 5.73 Å². The zero-order valence-electron chi connectivity index (χ0n) is 11.5. The van der Waals surface area contributed by atoms with E-state index in [1.54, 1.807) is 24.4 Å². The number of benzene rings is 1. The molecule has 1 aromatic heterocycles. The monoisotopic (exact) mass is 309 g/mol. The number of nitrogens with zero attached hydrogens (tertiary/aromatic N) is 2. The summed E-state index contributed by atoms with van der Waals surface area (Å²) in [5, 5.41) is 0. The van der Waals surface area contributed by atoms with E-state index in [1.807, 2.05) is 0 Å². The molecule has 0 aliphatic carbocycles. The molecule has 0 aliphatic heterocycles. The van der Waals surface area contributed by atoms with Gasteiger partial charge >= 0.3 is 0 Å². The third kappa shape index (κ3) is 3.44. The van der Waals surface area contributed by atoms with Crippen LogP contribution >= 0.6 is 0 Å². The highest BCUT2D eigenvalue weighted by Crippen LogP contribution is 2.21. The molecule has 0 saturated heterocycles. The first kappa shape index (κ1) is 15.6. The standard InChI is InChI=1S/C14H16FN3O2S/c1-18(10-12-4-2-3-7-17-12)21(19,20)14-8-11(9-16)5-6-13(14)15/h2-8H,9-10,16H2,1H3. The number of pyridine rings is 1. The molecule has 0 aliphatic rings. The SMILES string of the molecule is CN(Cc1ccccn1)S(=O)(=O)c1cc(CN)ccc1F. The van der Waals surface area contributed by atoms with Gasteiger partial charge in [0.05, 0.1) is 12.2 Å². The smallest absolute Gasteiger partial charge is 0.246 e. The van der Waals surface area contributed by atoms with Crippen molar-refractivity contribution in [3.8, 4) is 0 Å². The van der Waals surface area contributed by atoms with E-state index in [4.69, 9.17) is 5.73 Å². The highest BCUT2D eigenvalue weighted by molar-refractivity contribution is 7.89. The molecule has 1 aromatic carbocycles. The van der Waals surface area contributed by atoms with Gasteiger partial charge in [0, 0.05) is 19.8 Å². The third-order valence-electron chi connectivity index (χ3n) is 3.03. The van der Waals surface area contributed by atoms with Crippen molar-refractivity contribution in [1.29, 1.82) is 0 Å². The molecule has 0 bridgehead atoms. The Labute approximate surface area is 123 Å². The summed E-state index contributed by atoms with van der Waals surface area (Å²) in [6.07, 6.45) is 1.57. The maximum Gasteiger partial charge on any atom is 0.246 e. The molecule has 0 unspecified atom stereocenters. The van der Waals surface area contributed by atoms with Crippen LogP contribution in [0.15, 0.2) is 47.5 Å². The summed E-state index contributed by atoms with van der Waals surface area (Å²) in [4.78, 5) is 3.69. The van der Waals surface area contributed by atoms with Gasteiger partial charge in [-0.1, -0.05) is 12.1 Å². The molecule has 21 heavy (non-hydrogen) atoms. The molecule has 0 atom stereocenters. The number of hydrogen-bond acceptors (Lipinski definition) is 4. The quantitative estimate of drug-likeness (QED) is 0.908. The molecule has 2 N–H and O–H groups in total. The van der Waals surface area contributed by atoms with Gasteiger partial charge in [-0.15, -0.1) is 0 Å². The van der Waals surface area contributed by atoms with Crippen molar-refractivity contribution in [3.05, 3.63) is 59.7 Å². The lowest BCUT2D eigenvalue weighted by Crippen LogP contribution is -2.27. The minimum Gasteiger partial charge on any atom is -0.326 e. The molecule has 0 saturated carbocycles. The van der Waals surface area contributed by atoms with Gasteiger partial charge in [-0.25, -0.2) is 12.8 Å². The Morgan fingerprint density at radius 2 is 2.05 bits per heavy atom. The van der Waals surface area contributed by atoms with Crippen LogP contribution in [0.25, 0.3) is 0 Å². The van der Waals surface area contributed by atoms with Crippen LogP contribution in [-0.2, 0) is 23.1 Å². The molecule has 0 amide bonds. The van der Waals surface area contributed by atoms with Crippen molar-refractivity contribution < 1.29 is 12.8 Å². The summed E-state index contributed by atoms with van der Waals surface area (Å²) in [5.74, 6) is -0.792. The average Bonchev–Trinajstić information content (AvgIpc) is 2.48. The van der Waals surface area contributed by atoms with Crippen LogP contribution in [0.5, 0.6) is 0 Å². The normalized spacial score (nSPS) is 11.8. The van der Waals surface area contributed by atoms with Crippen LogP contribution in [0.2, 0.25) is 0 Å². The number of halogens is 1. The van der Waals surface area contributed by atoms with Crippen LogP contribution in [-0.4, -0.2) is 24.8 Å². The zero-order valence-corrected chi connectivity index (χ0v) is 12.3. The van der Waals surface area contributed by atoms with Crippen LogP contribution in [0.4, 0.5) is 4.39 Å². The van der Waals surface area contributed by atoms with E-state index in [0.29, 0.717) is 11.3 Å². The highest BCUT2D eigenvalue weighted by Gasteiger charge is 2.25. The van der Waals surface area contributed by atoms with Crippen molar-refractivity contribution in [3.63, 3.8) is 0 Å². The van der Waals surface area contributed by atoms with Gasteiger partial charge in [-0.2, -0.15) is 4.31 Å². The molecule has 112 valence electrons. The summed E-state index contributed by atoms with van der Waals surface area (Å²) >= 11 is 0. The Balaban J connectivity index is 2.33. The van der Waals surface area contributed by atoms with E-state index in [0.717, 1.165) is 10.4 Å². The van der Waals surface area contributed by atoms with E-state index in [-0.39, 0.29) is 18.0 Å². The molecule has 0 fully saturated rings. The summed E-state index contributed by atoms with van der Waals surface area (Å²) in [6, 6.07) is 9.05. The second-order valence-corrected chi connectivity index (χ2v) is 6.56. The molecule has 5 nitrogen and oxygen atoms in total. The maximum atomic E-state index is 13.8. The highest BCUT2D eigenvalue weighted by atomic mass is 32.2. The lowest BCUT2D eigenvalue weighted by atomic mass is 10.2. The van der Waals surface area contributed by atoms with Crippen molar-refractivity contribution >= 4 is 10.0 Å². The molecule has 2 aromatic rings. The van der Waals surface area contributed by atoms with Crippen LogP contribution in [0, 0.1) is 5.82 Å². The molecule has 0 radical (unpaired) electrons. The van der Waals surface area contributed by atoms with Crippen molar-refractivity contribution in [2.24, 2.45) is 5.73 Å². The molecule has 2 rings (SSSR count). The van der Waals surface area contributed by atoms with E-state index in [1.165, 1.54) is 19.2 Å². The Morgan fingerprint density at radius 1 is 1.29 bits per heavy atom. The summed E-state index contributed by atoms with van der Waals surface area (Å²) in [7, 11) is -2.55.